The average Bonchev–Trinajstić information content (AvgIpc) is 2.82. The van der Waals surface area contributed by atoms with E-state index in [4.69, 9.17) is 14.9 Å². The molecule has 1 rings (SSSR count). The zero-order valence-electron chi connectivity index (χ0n) is 10.7. The second-order valence-electron chi connectivity index (χ2n) is 4.52. The summed E-state index contributed by atoms with van der Waals surface area (Å²) in [4.78, 5) is 24.8. The second kappa shape index (κ2) is 7.33. The standard InChI is InChI=1S/C12H21NO5/c1-18-8-6-13(5-7-14)11(15)9-3-2-4-10(9)12(16)17/h9-10,14H,2-8H2,1H3,(H,16,17). The topological polar surface area (TPSA) is 87.1 Å². The molecule has 0 radical (unpaired) electrons. The van der Waals surface area contributed by atoms with Crippen LogP contribution in [0.5, 0.6) is 0 Å². The van der Waals surface area contributed by atoms with Gasteiger partial charge in [0.25, 0.3) is 0 Å². The lowest BCUT2D eigenvalue weighted by molar-refractivity contribution is -0.149. The van der Waals surface area contributed by atoms with Gasteiger partial charge in [-0.1, -0.05) is 6.42 Å². The number of amides is 1. The molecule has 6 nitrogen and oxygen atoms in total. The molecule has 2 unspecified atom stereocenters. The predicted octanol–water partition coefficient (Wildman–Crippen LogP) is -0.0454. The Kier molecular flexibility index (Phi) is 6.07. The zero-order valence-corrected chi connectivity index (χ0v) is 10.7. The number of hydrogen-bond donors (Lipinski definition) is 2. The van der Waals surface area contributed by atoms with Crippen LogP contribution in [0.3, 0.4) is 0 Å². The SMILES string of the molecule is COCCN(CCO)C(=O)C1CCCC1C(=O)O. The summed E-state index contributed by atoms with van der Waals surface area (Å²) < 4.78 is 4.91. The highest BCUT2D eigenvalue weighted by Crippen LogP contribution is 2.33. The summed E-state index contributed by atoms with van der Waals surface area (Å²) in [5, 5.41) is 18.0. The van der Waals surface area contributed by atoms with Crippen LogP contribution < -0.4 is 0 Å². The molecule has 0 spiro atoms. The molecule has 6 heteroatoms. The first-order chi connectivity index (χ1) is 8.61. The molecule has 1 aliphatic rings. The minimum Gasteiger partial charge on any atom is -0.481 e. The summed E-state index contributed by atoms with van der Waals surface area (Å²) in [6.07, 6.45) is 1.94. The van der Waals surface area contributed by atoms with Crippen molar-refractivity contribution in [1.29, 1.82) is 0 Å². The molecule has 1 fully saturated rings. The van der Waals surface area contributed by atoms with Gasteiger partial charge in [0.2, 0.25) is 5.91 Å². The van der Waals surface area contributed by atoms with Gasteiger partial charge in [-0.2, -0.15) is 0 Å². The number of ether oxygens (including phenoxy) is 1. The van der Waals surface area contributed by atoms with Gasteiger partial charge in [-0.3, -0.25) is 9.59 Å². The first-order valence-electron chi connectivity index (χ1n) is 6.23. The number of carbonyl (C=O) groups excluding carboxylic acids is 1. The highest BCUT2D eigenvalue weighted by molar-refractivity contribution is 5.85. The minimum atomic E-state index is -0.901. The van der Waals surface area contributed by atoms with Crippen LogP contribution in [0.25, 0.3) is 0 Å². The van der Waals surface area contributed by atoms with Crippen molar-refractivity contribution in [3.63, 3.8) is 0 Å². The Morgan fingerprint density at radius 1 is 1.28 bits per heavy atom. The van der Waals surface area contributed by atoms with Crippen LogP contribution in [0.15, 0.2) is 0 Å². The van der Waals surface area contributed by atoms with Crippen LogP contribution in [0.2, 0.25) is 0 Å². The molecule has 1 aliphatic carbocycles. The van der Waals surface area contributed by atoms with E-state index >= 15 is 0 Å². The Bertz CT molecular complexity index is 294. The molecule has 0 aromatic heterocycles. The van der Waals surface area contributed by atoms with Crippen LogP contribution >= 0.6 is 0 Å². The molecule has 0 heterocycles. The Balaban J connectivity index is 2.65. The summed E-state index contributed by atoms with van der Waals surface area (Å²) in [6.45, 7) is 0.875. The third kappa shape index (κ3) is 3.68. The van der Waals surface area contributed by atoms with Gasteiger partial charge in [0.05, 0.1) is 25.0 Å². The van der Waals surface area contributed by atoms with E-state index in [9.17, 15) is 9.59 Å². The van der Waals surface area contributed by atoms with Crippen molar-refractivity contribution in [3.8, 4) is 0 Å². The Labute approximate surface area is 107 Å². The van der Waals surface area contributed by atoms with E-state index < -0.39 is 17.8 Å². The molecule has 2 atom stereocenters. The molecule has 1 saturated carbocycles. The fraction of sp³-hybridized carbons (Fsp3) is 0.833. The molecule has 0 aliphatic heterocycles. The number of carboxylic acid groups (broad SMARTS) is 1. The summed E-state index contributed by atoms with van der Waals surface area (Å²) in [6, 6.07) is 0. The van der Waals surface area contributed by atoms with E-state index in [0.29, 0.717) is 26.0 Å². The van der Waals surface area contributed by atoms with Crippen LogP contribution in [0.1, 0.15) is 19.3 Å². The third-order valence-corrected chi connectivity index (χ3v) is 3.40. The quantitative estimate of drug-likeness (QED) is 0.669. The van der Waals surface area contributed by atoms with Crippen molar-refractivity contribution in [2.75, 3.05) is 33.4 Å². The van der Waals surface area contributed by atoms with Gasteiger partial charge in [-0.05, 0) is 12.8 Å². The first kappa shape index (κ1) is 14.9. The maximum Gasteiger partial charge on any atom is 0.307 e. The van der Waals surface area contributed by atoms with Gasteiger partial charge in [0, 0.05) is 20.2 Å². The highest BCUT2D eigenvalue weighted by atomic mass is 16.5. The van der Waals surface area contributed by atoms with Crippen molar-refractivity contribution >= 4 is 11.9 Å². The summed E-state index contributed by atoms with van der Waals surface area (Å²) in [5.41, 5.74) is 0. The van der Waals surface area contributed by atoms with Gasteiger partial charge in [0.15, 0.2) is 0 Å². The van der Waals surface area contributed by atoms with Crippen LogP contribution in [0, 0.1) is 11.8 Å². The first-order valence-corrected chi connectivity index (χ1v) is 6.23. The average molecular weight is 259 g/mol. The molecule has 1 amide bonds. The van der Waals surface area contributed by atoms with Crippen molar-refractivity contribution < 1.29 is 24.5 Å². The molecule has 18 heavy (non-hydrogen) atoms. The predicted molar refractivity (Wildman–Crippen MR) is 64.0 cm³/mol. The fourth-order valence-electron chi connectivity index (χ4n) is 2.44. The molecule has 0 aromatic carbocycles. The van der Waals surface area contributed by atoms with Gasteiger partial charge >= 0.3 is 5.97 Å². The van der Waals surface area contributed by atoms with Crippen LogP contribution in [-0.4, -0.2) is 60.4 Å². The second-order valence-corrected chi connectivity index (χ2v) is 4.52. The molecular weight excluding hydrogens is 238 g/mol. The van der Waals surface area contributed by atoms with Crippen molar-refractivity contribution in [2.24, 2.45) is 11.8 Å². The lowest BCUT2D eigenvalue weighted by Gasteiger charge is -2.26. The van der Waals surface area contributed by atoms with Crippen molar-refractivity contribution in [1.82, 2.24) is 4.90 Å². The van der Waals surface area contributed by atoms with E-state index in [1.54, 1.807) is 0 Å². The number of aliphatic hydroxyl groups is 1. The number of hydrogen-bond acceptors (Lipinski definition) is 4. The van der Waals surface area contributed by atoms with Crippen molar-refractivity contribution in [3.05, 3.63) is 0 Å². The van der Waals surface area contributed by atoms with Crippen LogP contribution in [-0.2, 0) is 14.3 Å². The maximum absolute atomic E-state index is 12.3. The zero-order chi connectivity index (χ0) is 13.5. The lowest BCUT2D eigenvalue weighted by Crippen LogP contribution is -2.42. The maximum atomic E-state index is 12.3. The molecule has 2 N–H and O–H groups in total. The van der Waals surface area contributed by atoms with Crippen LogP contribution in [0.4, 0.5) is 0 Å². The Morgan fingerprint density at radius 3 is 2.50 bits per heavy atom. The summed E-state index contributed by atoms with van der Waals surface area (Å²) in [7, 11) is 1.54. The van der Waals surface area contributed by atoms with Gasteiger partial charge in [-0.25, -0.2) is 0 Å². The largest absolute Gasteiger partial charge is 0.481 e. The fourth-order valence-corrected chi connectivity index (χ4v) is 2.44. The Hall–Kier alpha value is -1.14. The van der Waals surface area contributed by atoms with E-state index in [-0.39, 0.29) is 19.1 Å². The number of nitrogens with zero attached hydrogens (tertiary/aromatic N) is 1. The van der Waals surface area contributed by atoms with E-state index in [0.717, 1.165) is 6.42 Å². The molecule has 0 aromatic rings. The van der Waals surface area contributed by atoms with Crippen molar-refractivity contribution in [2.45, 2.75) is 19.3 Å². The minimum absolute atomic E-state index is 0.125. The normalized spacial score (nSPS) is 23.0. The van der Waals surface area contributed by atoms with Gasteiger partial charge in [0.1, 0.15) is 0 Å². The monoisotopic (exact) mass is 259 g/mol. The molecule has 0 saturated heterocycles. The van der Waals surface area contributed by atoms with E-state index in [2.05, 4.69) is 0 Å². The third-order valence-electron chi connectivity index (χ3n) is 3.40. The number of rotatable bonds is 7. The lowest BCUT2D eigenvalue weighted by atomic mass is 9.94. The van der Waals surface area contributed by atoms with E-state index in [1.165, 1.54) is 12.0 Å². The highest BCUT2D eigenvalue weighted by Gasteiger charge is 2.39. The number of methoxy groups -OCH3 is 1. The summed E-state index contributed by atoms with van der Waals surface area (Å²) in [5.74, 6) is -2.11. The summed E-state index contributed by atoms with van der Waals surface area (Å²) >= 11 is 0. The number of aliphatic carboxylic acids is 1. The number of carbonyl (C=O) groups is 2. The van der Waals surface area contributed by atoms with E-state index in [1.807, 2.05) is 0 Å². The molecule has 0 bridgehead atoms. The van der Waals surface area contributed by atoms with Gasteiger partial charge in [-0.15, -0.1) is 0 Å². The van der Waals surface area contributed by atoms with Gasteiger partial charge < -0.3 is 19.8 Å². The molecular formula is C12H21NO5. The smallest absolute Gasteiger partial charge is 0.307 e. The Morgan fingerprint density at radius 2 is 1.94 bits per heavy atom. The number of carboxylic acids is 1. The number of aliphatic hydroxyl groups excluding tert-OH is 1. The molecule has 104 valence electrons.